The third-order valence-electron chi connectivity index (χ3n) is 2.19. The average molecular weight is 213 g/mol. The van der Waals surface area contributed by atoms with Gasteiger partial charge in [0, 0.05) is 6.54 Å². The Hall–Kier alpha value is -0.870. The van der Waals surface area contributed by atoms with Gasteiger partial charge in [-0.3, -0.25) is 4.79 Å². The Morgan fingerprint density at radius 1 is 1.40 bits per heavy atom. The third kappa shape index (κ3) is 8.15. The van der Waals surface area contributed by atoms with Crippen molar-refractivity contribution < 1.29 is 4.79 Å². The molecule has 0 aliphatic rings. The lowest BCUT2D eigenvalue weighted by Crippen LogP contribution is -2.40. The van der Waals surface area contributed by atoms with E-state index in [0.29, 0.717) is 19.5 Å². The minimum Gasteiger partial charge on any atom is -0.355 e. The highest BCUT2D eigenvalue weighted by atomic mass is 16.2. The molecule has 0 radical (unpaired) electrons. The Bertz CT molecular complexity index is 183. The van der Waals surface area contributed by atoms with Gasteiger partial charge in [-0.25, -0.2) is 0 Å². The molecule has 0 saturated heterocycles. The summed E-state index contributed by atoms with van der Waals surface area (Å²) in [6.45, 7) is 4.95. The molecule has 0 aromatic carbocycles. The second-order valence-corrected chi connectivity index (χ2v) is 3.61. The van der Waals surface area contributed by atoms with Crippen molar-refractivity contribution in [2.45, 2.75) is 38.1 Å². The molecule has 0 bridgehead atoms. The Morgan fingerprint density at radius 3 is 2.73 bits per heavy atom. The van der Waals surface area contributed by atoms with Gasteiger partial charge in [-0.2, -0.15) is 0 Å². The van der Waals surface area contributed by atoms with E-state index in [2.05, 4.69) is 11.9 Å². The fourth-order valence-electron chi connectivity index (χ4n) is 1.23. The van der Waals surface area contributed by atoms with Crippen molar-refractivity contribution in [3.8, 4) is 0 Å². The van der Waals surface area contributed by atoms with E-state index in [-0.39, 0.29) is 11.9 Å². The molecule has 0 unspecified atom stereocenters. The zero-order valence-electron chi connectivity index (χ0n) is 9.37. The zero-order valence-corrected chi connectivity index (χ0v) is 9.37. The largest absolute Gasteiger partial charge is 0.355 e. The number of nitrogens with one attached hydrogen (secondary N) is 1. The molecule has 0 rings (SSSR count). The van der Waals surface area contributed by atoms with Crippen LogP contribution in [0.1, 0.15) is 32.1 Å². The summed E-state index contributed by atoms with van der Waals surface area (Å²) >= 11 is 0. The summed E-state index contributed by atoms with van der Waals surface area (Å²) < 4.78 is 0. The molecule has 0 aliphatic carbocycles. The van der Waals surface area contributed by atoms with Crippen molar-refractivity contribution in [1.29, 1.82) is 0 Å². The molecule has 4 nitrogen and oxygen atoms in total. The highest BCUT2D eigenvalue weighted by Gasteiger charge is 2.11. The van der Waals surface area contributed by atoms with Gasteiger partial charge in [-0.1, -0.05) is 12.5 Å². The zero-order chi connectivity index (χ0) is 11.5. The van der Waals surface area contributed by atoms with Gasteiger partial charge < -0.3 is 16.8 Å². The van der Waals surface area contributed by atoms with Crippen LogP contribution in [0.25, 0.3) is 0 Å². The van der Waals surface area contributed by atoms with E-state index in [1.807, 2.05) is 6.08 Å². The smallest absolute Gasteiger partial charge is 0.236 e. The number of hydrogen-bond acceptors (Lipinski definition) is 3. The number of carbonyl (C=O) groups is 1. The Morgan fingerprint density at radius 2 is 2.13 bits per heavy atom. The number of allylic oxidation sites excluding steroid dienone is 1. The monoisotopic (exact) mass is 213 g/mol. The van der Waals surface area contributed by atoms with Crippen molar-refractivity contribution in [3.63, 3.8) is 0 Å². The van der Waals surface area contributed by atoms with Gasteiger partial charge in [0.05, 0.1) is 6.04 Å². The molecular weight excluding hydrogens is 190 g/mol. The lowest BCUT2D eigenvalue weighted by molar-refractivity contribution is -0.122. The Balaban J connectivity index is 3.46. The third-order valence-corrected chi connectivity index (χ3v) is 2.19. The van der Waals surface area contributed by atoms with Crippen LogP contribution in [0.4, 0.5) is 0 Å². The van der Waals surface area contributed by atoms with Crippen molar-refractivity contribution in [3.05, 3.63) is 12.7 Å². The van der Waals surface area contributed by atoms with E-state index < -0.39 is 0 Å². The topological polar surface area (TPSA) is 81.1 Å². The van der Waals surface area contributed by atoms with E-state index in [4.69, 9.17) is 11.5 Å². The van der Waals surface area contributed by atoms with Gasteiger partial charge in [0.2, 0.25) is 5.91 Å². The van der Waals surface area contributed by atoms with Crippen LogP contribution in [0, 0.1) is 0 Å². The molecule has 0 aromatic rings. The first kappa shape index (κ1) is 14.1. The number of unbranched alkanes of at least 4 members (excludes halogenated alkanes) is 2. The highest BCUT2D eigenvalue weighted by molar-refractivity contribution is 5.81. The maximum absolute atomic E-state index is 11.4. The quantitative estimate of drug-likeness (QED) is 0.386. The number of amides is 1. The van der Waals surface area contributed by atoms with E-state index in [1.165, 1.54) is 0 Å². The van der Waals surface area contributed by atoms with E-state index in [9.17, 15) is 4.79 Å². The fraction of sp³-hybridized carbons (Fsp3) is 0.727. The minimum atomic E-state index is -0.389. The molecule has 88 valence electrons. The molecule has 15 heavy (non-hydrogen) atoms. The molecule has 0 aliphatic heterocycles. The maximum Gasteiger partial charge on any atom is 0.236 e. The van der Waals surface area contributed by atoms with Crippen LogP contribution < -0.4 is 16.8 Å². The second kappa shape index (κ2) is 9.68. The van der Waals surface area contributed by atoms with Crippen LogP contribution >= 0.6 is 0 Å². The first-order chi connectivity index (χ1) is 7.22. The van der Waals surface area contributed by atoms with Crippen LogP contribution in [0.2, 0.25) is 0 Å². The van der Waals surface area contributed by atoms with E-state index >= 15 is 0 Å². The van der Waals surface area contributed by atoms with Crippen LogP contribution in [0.5, 0.6) is 0 Å². The molecule has 1 atom stereocenters. The normalized spacial score (nSPS) is 12.1. The molecule has 0 heterocycles. The number of hydrogen-bond donors (Lipinski definition) is 3. The fourth-order valence-corrected chi connectivity index (χ4v) is 1.23. The molecule has 5 N–H and O–H groups in total. The van der Waals surface area contributed by atoms with Gasteiger partial charge in [0.1, 0.15) is 0 Å². The molecule has 0 spiro atoms. The highest BCUT2D eigenvalue weighted by Crippen LogP contribution is 1.98. The predicted molar refractivity (Wildman–Crippen MR) is 63.3 cm³/mol. The summed E-state index contributed by atoms with van der Waals surface area (Å²) in [5.74, 6) is -0.0592. The van der Waals surface area contributed by atoms with Crippen molar-refractivity contribution in [1.82, 2.24) is 5.32 Å². The number of rotatable bonds is 9. The van der Waals surface area contributed by atoms with Gasteiger partial charge >= 0.3 is 0 Å². The summed E-state index contributed by atoms with van der Waals surface area (Å²) in [5, 5.41) is 2.80. The van der Waals surface area contributed by atoms with Gasteiger partial charge in [0.15, 0.2) is 0 Å². The second-order valence-electron chi connectivity index (χ2n) is 3.61. The standard InChI is InChI=1S/C11H23N3O/c1-2-3-6-9-14-11(15)10(13)7-4-5-8-12/h2,10H,1,3-9,12-13H2,(H,14,15)/t10-/m0/s1. The van der Waals surface area contributed by atoms with E-state index in [0.717, 1.165) is 25.7 Å². The molecule has 0 saturated carbocycles. The number of carbonyl (C=O) groups excluding carboxylic acids is 1. The van der Waals surface area contributed by atoms with E-state index in [1.54, 1.807) is 0 Å². The molecular formula is C11H23N3O. The maximum atomic E-state index is 11.4. The molecule has 0 aromatic heterocycles. The van der Waals surface area contributed by atoms with Gasteiger partial charge in [-0.05, 0) is 32.2 Å². The summed E-state index contributed by atoms with van der Waals surface area (Å²) in [7, 11) is 0. The lowest BCUT2D eigenvalue weighted by Gasteiger charge is -2.11. The van der Waals surface area contributed by atoms with Crippen LogP contribution in [-0.4, -0.2) is 25.0 Å². The van der Waals surface area contributed by atoms with Gasteiger partial charge in [-0.15, -0.1) is 6.58 Å². The Kier molecular flexibility index (Phi) is 9.11. The SMILES string of the molecule is C=CCCCNC(=O)[C@@H](N)CCCCN. The van der Waals surface area contributed by atoms with Crippen molar-refractivity contribution in [2.24, 2.45) is 11.5 Å². The lowest BCUT2D eigenvalue weighted by atomic mass is 10.1. The summed E-state index contributed by atoms with van der Waals surface area (Å²) in [6, 6.07) is -0.389. The van der Waals surface area contributed by atoms with Crippen LogP contribution in [-0.2, 0) is 4.79 Å². The summed E-state index contributed by atoms with van der Waals surface area (Å²) in [6.07, 6.45) is 6.24. The minimum absolute atomic E-state index is 0.0592. The first-order valence-corrected chi connectivity index (χ1v) is 5.56. The Labute approximate surface area is 92.1 Å². The van der Waals surface area contributed by atoms with Crippen LogP contribution in [0.15, 0.2) is 12.7 Å². The van der Waals surface area contributed by atoms with Crippen LogP contribution in [0.3, 0.4) is 0 Å². The number of nitrogens with two attached hydrogens (primary N) is 2. The molecule has 1 amide bonds. The summed E-state index contributed by atoms with van der Waals surface area (Å²) in [5.41, 5.74) is 11.1. The summed E-state index contributed by atoms with van der Waals surface area (Å²) in [4.78, 5) is 11.4. The van der Waals surface area contributed by atoms with Crippen molar-refractivity contribution >= 4 is 5.91 Å². The average Bonchev–Trinajstić information content (AvgIpc) is 2.24. The molecule has 4 heteroatoms. The first-order valence-electron chi connectivity index (χ1n) is 5.56. The predicted octanol–water partition coefficient (Wildman–Crippen LogP) is 0.525. The van der Waals surface area contributed by atoms with Crippen molar-refractivity contribution in [2.75, 3.05) is 13.1 Å². The molecule has 0 fully saturated rings. The van der Waals surface area contributed by atoms with Gasteiger partial charge in [0.25, 0.3) is 0 Å².